The van der Waals surface area contributed by atoms with E-state index < -0.39 is 6.29 Å². The summed E-state index contributed by atoms with van der Waals surface area (Å²) in [5.74, 6) is -0.382. The summed E-state index contributed by atoms with van der Waals surface area (Å²) in [6, 6.07) is 26.6. The molecule has 0 saturated carbocycles. The van der Waals surface area contributed by atoms with Gasteiger partial charge in [0.05, 0.1) is 18.8 Å². The van der Waals surface area contributed by atoms with Crippen LogP contribution >= 0.6 is 0 Å². The number of nitrogens with one attached hydrogen (secondary N) is 2. The first-order valence-corrected chi connectivity index (χ1v) is 15.9. The van der Waals surface area contributed by atoms with Crippen LogP contribution in [0.4, 0.5) is 0 Å². The maximum atomic E-state index is 12.3. The molecule has 1 aliphatic heterocycles. The van der Waals surface area contributed by atoms with Crippen LogP contribution in [0.5, 0.6) is 0 Å². The summed E-state index contributed by atoms with van der Waals surface area (Å²) < 4.78 is 13.1. The molecule has 4 atom stereocenters. The van der Waals surface area contributed by atoms with E-state index in [1.54, 1.807) is 5.48 Å². The Bertz CT molecular complexity index is 1320. The van der Waals surface area contributed by atoms with Gasteiger partial charge in [-0.15, -0.1) is 0 Å². The van der Waals surface area contributed by atoms with Crippen LogP contribution in [0.2, 0.25) is 0 Å². The number of unbranched alkanes of at least 4 members (excludes halogenated alkanes) is 3. The lowest BCUT2D eigenvalue weighted by Gasteiger charge is -2.39. The van der Waals surface area contributed by atoms with Crippen LogP contribution in [0, 0.1) is 0 Å². The highest BCUT2D eigenvalue weighted by atomic mass is 16.7. The maximum absolute atomic E-state index is 12.3. The Morgan fingerprint density at radius 2 is 1.47 bits per heavy atom. The van der Waals surface area contributed by atoms with Crippen molar-refractivity contribution in [2.75, 3.05) is 13.6 Å². The van der Waals surface area contributed by atoms with Crippen LogP contribution in [-0.2, 0) is 32.2 Å². The molecule has 1 heterocycles. The lowest BCUT2D eigenvalue weighted by Crippen LogP contribution is -2.38. The highest BCUT2D eigenvalue weighted by Crippen LogP contribution is 2.38. The molecular weight excluding hydrogens is 570 g/mol. The van der Waals surface area contributed by atoms with Gasteiger partial charge in [0.25, 0.3) is 0 Å². The molecule has 9 nitrogen and oxygen atoms in total. The molecule has 1 saturated heterocycles. The average molecular weight is 618 g/mol. The number of hydroxylamine groups is 1. The van der Waals surface area contributed by atoms with E-state index in [2.05, 4.69) is 48.5 Å². The number of aliphatic hydroxyl groups is 1. The van der Waals surface area contributed by atoms with Gasteiger partial charge in [-0.05, 0) is 49.1 Å². The van der Waals surface area contributed by atoms with Crippen LogP contribution in [0.1, 0.15) is 98.1 Å². The lowest BCUT2D eigenvalue weighted by atomic mass is 9.99. The van der Waals surface area contributed by atoms with E-state index in [1.807, 2.05) is 54.6 Å². The number of amides is 2. The average Bonchev–Trinajstić information content (AvgIpc) is 3.08. The first-order valence-electron chi connectivity index (χ1n) is 15.9. The van der Waals surface area contributed by atoms with Gasteiger partial charge < -0.3 is 19.9 Å². The Morgan fingerprint density at radius 1 is 0.844 bits per heavy atom. The first-order chi connectivity index (χ1) is 21.9. The summed E-state index contributed by atoms with van der Waals surface area (Å²) >= 11 is 0. The van der Waals surface area contributed by atoms with Gasteiger partial charge in [0.2, 0.25) is 11.8 Å². The molecule has 3 aromatic carbocycles. The highest BCUT2D eigenvalue weighted by Gasteiger charge is 2.33. The van der Waals surface area contributed by atoms with Crippen molar-refractivity contribution < 1.29 is 29.4 Å². The summed E-state index contributed by atoms with van der Waals surface area (Å²) in [5, 5.41) is 21.0. The Hall–Kier alpha value is -3.60. The van der Waals surface area contributed by atoms with Crippen molar-refractivity contribution in [1.29, 1.82) is 0 Å². The Kier molecular flexibility index (Phi) is 13.5. The van der Waals surface area contributed by atoms with Crippen molar-refractivity contribution >= 4 is 11.8 Å². The number of rotatable bonds is 16. The maximum Gasteiger partial charge on any atom is 0.243 e. The predicted molar refractivity (Wildman–Crippen MR) is 172 cm³/mol. The van der Waals surface area contributed by atoms with Gasteiger partial charge in [-0.2, -0.15) is 0 Å². The topological polar surface area (TPSA) is 120 Å². The SMILES string of the molecule is C[C@@H](c1ccccc1)N(C)C[C@@H]1C[C@H](c2ccc(CO)cc2)O[C@H](c2ccc(CNC(=O)CCCCCCC(=O)NO)cc2)O1. The smallest absolute Gasteiger partial charge is 0.243 e. The molecule has 9 heteroatoms. The Balaban J connectivity index is 1.34. The largest absolute Gasteiger partial charge is 0.392 e. The van der Waals surface area contributed by atoms with Crippen molar-refractivity contribution in [1.82, 2.24) is 15.7 Å². The van der Waals surface area contributed by atoms with E-state index in [0.29, 0.717) is 32.2 Å². The highest BCUT2D eigenvalue weighted by molar-refractivity contribution is 5.75. The number of aliphatic hydroxyl groups excluding tert-OH is 1. The van der Waals surface area contributed by atoms with Crippen molar-refractivity contribution in [3.63, 3.8) is 0 Å². The molecular formula is C36H47N3O6. The predicted octanol–water partition coefficient (Wildman–Crippen LogP) is 5.88. The minimum Gasteiger partial charge on any atom is -0.392 e. The van der Waals surface area contributed by atoms with Crippen molar-refractivity contribution in [3.8, 4) is 0 Å². The fraction of sp³-hybridized carbons (Fsp3) is 0.444. The zero-order chi connectivity index (χ0) is 32.0. The molecule has 0 aromatic heterocycles. The molecule has 4 rings (SSSR count). The van der Waals surface area contributed by atoms with Crippen LogP contribution < -0.4 is 10.8 Å². The van der Waals surface area contributed by atoms with Gasteiger partial charge in [0, 0.05) is 44.0 Å². The molecule has 4 N–H and O–H groups in total. The summed E-state index contributed by atoms with van der Waals surface area (Å²) in [4.78, 5) is 25.7. The van der Waals surface area contributed by atoms with E-state index in [-0.39, 0.29) is 36.7 Å². The normalized spacial score (nSPS) is 18.8. The van der Waals surface area contributed by atoms with Crippen molar-refractivity contribution in [2.24, 2.45) is 0 Å². The second kappa shape index (κ2) is 17.8. The number of hydrogen-bond donors (Lipinski definition) is 4. The van der Waals surface area contributed by atoms with Crippen LogP contribution in [0.15, 0.2) is 78.9 Å². The number of carbonyl (C=O) groups excluding carboxylic acids is 2. The van der Waals surface area contributed by atoms with Crippen LogP contribution in [0.3, 0.4) is 0 Å². The zero-order valence-corrected chi connectivity index (χ0v) is 26.4. The molecule has 2 amide bonds. The Labute approximate surface area is 266 Å². The van der Waals surface area contributed by atoms with Gasteiger partial charge in [0.15, 0.2) is 6.29 Å². The summed E-state index contributed by atoms with van der Waals surface area (Å²) in [6.45, 7) is 3.38. The molecule has 0 aliphatic carbocycles. The molecule has 242 valence electrons. The fourth-order valence-electron chi connectivity index (χ4n) is 5.56. The van der Waals surface area contributed by atoms with Crippen LogP contribution in [-0.4, -0.2) is 46.7 Å². The molecule has 1 aliphatic rings. The van der Waals surface area contributed by atoms with Crippen molar-refractivity contribution in [2.45, 2.75) is 89.6 Å². The number of carbonyl (C=O) groups is 2. The van der Waals surface area contributed by atoms with E-state index in [0.717, 1.165) is 48.1 Å². The van der Waals surface area contributed by atoms with E-state index in [9.17, 15) is 14.7 Å². The molecule has 0 spiro atoms. The van der Waals surface area contributed by atoms with Crippen LogP contribution in [0.25, 0.3) is 0 Å². The monoisotopic (exact) mass is 617 g/mol. The van der Waals surface area contributed by atoms with Gasteiger partial charge in [0.1, 0.15) is 0 Å². The second-order valence-electron chi connectivity index (χ2n) is 11.8. The number of hydrogen-bond acceptors (Lipinski definition) is 7. The van der Waals surface area contributed by atoms with Gasteiger partial charge >= 0.3 is 0 Å². The molecule has 45 heavy (non-hydrogen) atoms. The lowest BCUT2D eigenvalue weighted by molar-refractivity contribution is -0.253. The first kappa shape index (κ1) is 34.3. The minimum atomic E-state index is -0.543. The van der Waals surface area contributed by atoms with Gasteiger partial charge in [-0.1, -0.05) is 91.7 Å². The molecule has 0 radical (unpaired) electrons. The zero-order valence-electron chi connectivity index (χ0n) is 26.4. The second-order valence-corrected chi connectivity index (χ2v) is 11.8. The molecule has 0 unspecified atom stereocenters. The summed E-state index contributed by atoms with van der Waals surface area (Å²) in [6.07, 6.45) is 3.82. The quantitative estimate of drug-likeness (QED) is 0.0900. The number of nitrogens with zero attached hydrogens (tertiary/aromatic N) is 1. The van der Waals surface area contributed by atoms with E-state index in [1.165, 1.54) is 5.56 Å². The third kappa shape index (κ3) is 10.8. The van der Waals surface area contributed by atoms with Gasteiger partial charge in [-0.3, -0.25) is 19.7 Å². The molecule has 3 aromatic rings. The fourth-order valence-corrected chi connectivity index (χ4v) is 5.56. The third-order valence-corrected chi connectivity index (χ3v) is 8.47. The Morgan fingerprint density at radius 3 is 2.11 bits per heavy atom. The minimum absolute atomic E-state index is 0.00197. The van der Waals surface area contributed by atoms with E-state index in [4.69, 9.17) is 14.7 Å². The number of ether oxygens (including phenoxy) is 2. The summed E-state index contributed by atoms with van der Waals surface area (Å²) in [5.41, 5.74) is 6.71. The summed E-state index contributed by atoms with van der Waals surface area (Å²) in [7, 11) is 2.12. The van der Waals surface area contributed by atoms with E-state index >= 15 is 0 Å². The number of likely N-dealkylation sites (N-methyl/N-ethyl adjacent to an activating group) is 1. The molecule has 0 bridgehead atoms. The van der Waals surface area contributed by atoms with Crippen molar-refractivity contribution in [3.05, 3.63) is 107 Å². The van der Waals surface area contributed by atoms with Gasteiger partial charge in [-0.25, -0.2) is 5.48 Å². The standard InChI is InChI=1S/C36H47N3O6/c1-26(29-10-6-5-7-11-29)39(2)24-32-22-33(30-18-16-28(25-40)17-19-30)45-36(44-32)31-20-14-27(15-21-31)23-37-34(41)12-8-3-4-9-13-35(42)38-43/h5-7,10-11,14-21,26,32-33,36,40,43H,3-4,8-9,12-13,22-25H2,1-2H3,(H,37,41)(H,38,42)/t26-,32-,33+,36+/m0/s1. The molecule has 1 fully saturated rings. The number of benzene rings is 3. The third-order valence-electron chi connectivity index (χ3n) is 8.47.